The van der Waals surface area contributed by atoms with E-state index in [4.69, 9.17) is 0 Å². The van der Waals surface area contributed by atoms with Gasteiger partial charge in [0.25, 0.3) is 0 Å². The number of halogens is 1. The van der Waals surface area contributed by atoms with Gasteiger partial charge in [-0.2, -0.15) is 4.72 Å². The Morgan fingerprint density at radius 1 is 1.23 bits per heavy atom. The van der Waals surface area contributed by atoms with E-state index in [-0.39, 0.29) is 4.90 Å². The molecule has 0 fully saturated rings. The van der Waals surface area contributed by atoms with Crippen molar-refractivity contribution in [3.05, 3.63) is 45.2 Å². The van der Waals surface area contributed by atoms with Crippen molar-refractivity contribution < 1.29 is 12.8 Å². The molecule has 0 aliphatic heterocycles. The predicted molar refractivity (Wildman–Crippen MR) is 86.1 cm³/mol. The van der Waals surface area contributed by atoms with Gasteiger partial charge in [-0.05, 0) is 52.3 Å². The monoisotopic (exact) mass is 342 g/mol. The van der Waals surface area contributed by atoms with Crippen molar-refractivity contribution in [2.75, 3.05) is 0 Å². The maximum absolute atomic E-state index is 14.0. The Labute approximate surface area is 134 Å². The highest BCUT2D eigenvalue weighted by Gasteiger charge is 2.32. The van der Waals surface area contributed by atoms with E-state index in [0.717, 1.165) is 10.6 Å². The van der Waals surface area contributed by atoms with Gasteiger partial charge in [0.15, 0.2) is 0 Å². The van der Waals surface area contributed by atoms with Crippen molar-refractivity contribution >= 4 is 21.4 Å². The molecule has 0 aliphatic rings. The van der Waals surface area contributed by atoms with Gasteiger partial charge in [-0.15, -0.1) is 11.3 Å². The second-order valence-corrected chi connectivity index (χ2v) is 8.68. The number of hydrogen-bond donors (Lipinski definition) is 1. The first-order valence-corrected chi connectivity index (χ1v) is 9.07. The van der Waals surface area contributed by atoms with Gasteiger partial charge in [0.1, 0.15) is 15.7 Å². The summed E-state index contributed by atoms with van der Waals surface area (Å²) in [5, 5.41) is 0.651. The fraction of sp³-hybridized carbons (Fsp3) is 0.400. The standard InChI is InChI=1S/C15H19FN2O2S2/c1-9-6-7-13(12(16)8-9)22(19,20)18-15(4,5)14-17-10(2)11(3)21-14/h6-8,18H,1-5H3. The van der Waals surface area contributed by atoms with Gasteiger partial charge in [-0.3, -0.25) is 0 Å². The molecule has 1 aromatic carbocycles. The van der Waals surface area contributed by atoms with E-state index in [9.17, 15) is 12.8 Å². The van der Waals surface area contributed by atoms with E-state index in [1.807, 2.05) is 13.8 Å². The first-order chi connectivity index (χ1) is 10.0. The summed E-state index contributed by atoms with van der Waals surface area (Å²) in [6.45, 7) is 8.95. The molecule has 0 unspecified atom stereocenters. The summed E-state index contributed by atoms with van der Waals surface area (Å²) in [7, 11) is -3.98. The molecule has 7 heteroatoms. The number of aryl methyl sites for hydroxylation is 3. The van der Waals surface area contributed by atoms with Gasteiger partial charge in [0.05, 0.1) is 11.2 Å². The van der Waals surface area contributed by atoms with Crippen molar-refractivity contribution in [1.82, 2.24) is 9.71 Å². The summed E-state index contributed by atoms with van der Waals surface area (Å²) < 4.78 is 41.4. The van der Waals surface area contributed by atoms with Crippen molar-refractivity contribution in [1.29, 1.82) is 0 Å². The molecular weight excluding hydrogens is 323 g/mol. The summed E-state index contributed by atoms with van der Waals surface area (Å²) in [6.07, 6.45) is 0. The third-order valence-corrected chi connectivity index (χ3v) is 6.42. The van der Waals surface area contributed by atoms with Gasteiger partial charge in [-0.1, -0.05) is 6.07 Å². The van der Waals surface area contributed by atoms with E-state index in [1.54, 1.807) is 26.8 Å². The molecule has 2 rings (SSSR count). The number of sulfonamides is 1. The second-order valence-electron chi connectivity index (χ2n) is 5.82. The van der Waals surface area contributed by atoms with Crippen LogP contribution in [-0.2, 0) is 15.6 Å². The Balaban J connectivity index is 2.38. The highest BCUT2D eigenvalue weighted by atomic mass is 32.2. The first-order valence-electron chi connectivity index (χ1n) is 6.77. The second kappa shape index (κ2) is 5.72. The van der Waals surface area contributed by atoms with Crippen LogP contribution in [0.25, 0.3) is 0 Å². The highest BCUT2D eigenvalue weighted by molar-refractivity contribution is 7.89. The molecule has 0 atom stereocenters. The van der Waals surface area contributed by atoms with Crippen LogP contribution in [-0.4, -0.2) is 13.4 Å². The SMILES string of the molecule is Cc1ccc(S(=O)(=O)NC(C)(C)c2nc(C)c(C)s2)c(F)c1. The third-order valence-electron chi connectivity index (χ3n) is 3.33. The van der Waals surface area contributed by atoms with Crippen LogP contribution in [0.5, 0.6) is 0 Å². The number of rotatable bonds is 4. The lowest BCUT2D eigenvalue weighted by atomic mass is 10.1. The first kappa shape index (κ1) is 17.1. The van der Waals surface area contributed by atoms with E-state index in [0.29, 0.717) is 10.6 Å². The lowest BCUT2D eigenvalue weighted by molar-refractivity contribution is 0.465. The molecule has 1 heterocycles. The van der Waals surface area contributed by atoms with Gasteiger partial charge in [-0.25, -0.2) is 17.8 Å². The fourth-order valence-electron chi connectivity index (χ4n) is 2.00. The molecule has 1 N–H and O–H groups in total. The molecule has 0 bridgehead atoms. The van der Waals surface area contributed by atoms with E-state index >= 15 is 0 Å². The molecule has 0 amide bonds. The summed E-state index contributed by atoms with van der Waals surface area (Å²) in [6, 6.07) is 4.06. The lowest BCUT2D eigenvalue weighted by Crippen LogP contribution is -2.41. The van der Waals surface area contributed by atoms with Crippen molar-refractivity contribution in [3.63, 3.8) is 0 Å². The van der Waals surface area contributed by atoms with Gasteiger partial charge >= 0.3 is 0 Å². The molecule has 0 aliphatic carbocycles. The zero-order valence-corrected chi connectivity index (χ0v) is 14.8. The van der Waals surface area contributed by atoms with E-state index < -0.39 is 21.4 Å². The quantitative estimate of drug-likeness (QED) is 0.926. The molecule has 0 saturated carbocycles. The maximum atomic E-state index is 14.0. The van der Waals surface area contributed by atoms with Gasteiger partial charge in [0.2, 0.25) is 10.0 Å². The zero-order valence-electron chi connectivity index (χ0n) is 13.2. The number of nitrogens with zero attached hydrogens (tertiary/aromatic N) is 1. The molecule has 0 saturated heterocycles. The van der Waals surface area contributed by atoms with Crippen molar-refractivity contribution in [3.8, 4) is 0 Å². The van der Waals surface area contributed by atoms with Crippen LogP contribution in [0.2, 0.25) is 0 Å². The van der Waals surface area contributed by atoms with Crippen LogP contribution in [0.4, 0.5) is 4.39 Å². The number of aromatic nitrogens is 1. The Morgan fingerprint density at radius 3 is 2.36 bits per heavy atom. The molecule has 120 valence electrons. The average Bonchev–Trinajstić information content (AvgIpc) is 2.68. The largest absolute Gasteiger partial charge is 0.244 e. The van der Waals surface area contributed by atoms with Crippen LogP contribution < -0.4 is 4.72 Å². The van der Waals surface area contributed by atoms with Gasteiger partial charge in [0, 0.05) is 4.88 Å². The zero-order chi connectivity index (χ0) is 16.7. The average molecular weight is 342 g/mol. The minimum atomic E-state index is -3.98. The summed E-state index contributed by atoms with van der Waals surface area (Å²) in [5.41, 5.74) is 0.621. The summed E-state index contributed by atoms with van der Waals surface area (Å²) in [4.78, 5) is 5.07. The maximum Gasteiger partial charge on any atom is 0.244 e. The Hall–Kier alpha value is -1.31. The minimum Gasteiger partial charge on any atom is -0.244 e. The predicted octanol–water partition coefficient (Wildman–Crippen LogP) is 3.42. The summed E-state index contributed by atoms with van der Waals surface area (Å²) >= 11 is 1.43. The molecule has 0 radical (unpaired) electrons. The van der Waals surface area contributed by atoms with Crippen molar-refractivity contribution in [2.45, 2.75) is 45.1 Å². The smallest absolute Gasteiger partial charge is 0.244 e. The fourth-order valence-corrected chi connectivity index (χ4v) is 4.48. The van der Waals surface area contributed by atoms with Crippen LogP contribution in [0.3, 0.4) is 0 Å². The lowest BCUT2D eigenvalue weighted by Gasteiger charge is -2.23. The van der Waals surface area contributed by atoms with Crippen LogP contribution >= 0.6 is 11.3 Å². The third kappa shape index (κ3) is 3.37. The van der Waals surface area contributed by atoms with Crippen LogP contribution in [0, 0.1) is 26.6 Å². The highest BCUT2D eigenvalue weighted by Crippen LogP contribution is 2.29. The topological polar surface area (TPSA) is 59.1 Å². The van der Waals surface area contributed by atoms with E-state index in [2.05, 4.69) is 9.71 Å². The normalized spacial score (nSPS) is 12.6. The molecule has 1 aromatic heterocycles. The van der Waals surface area contributed by atoms with Crippen molar-refractivity contribution in [2.24, 2.45) is 0 Å². The Morgan fingerprint density at radius 2 is 1.86 bits per heavy atom. The molecule has 4 nitrogen and oxygen atoms in total. The Kier molecular flexibility index (Phi) is 4.43. The molecule has 22 heavy (non-hydrogen) atoms. The van der Waals surface area contributed by atoms with Crippen LogP contribution in [0.15, 0.2) is 23.1 Å². The number of nitrogens with one attached hydrogen (secondary N) is 1. The number of thiazole rings is 1. The molecule has 0 spiro atoms. The van der Waals surface area contributed by atoms with E-state index in [1.165, 1.54) is 23.5 Å². The number of benzene rings is 1. The minimum absolute atomic E-state index is 0.351. The van der Waals surface area contributed by atoms with Crippen LogP contribution in [0.1, 0.15) is 35.0 Å². The number of hydrogen-bond acceptors (Lipinski definition) is 4. The summed E-state index contributed by atoms with van der Waals surface area (Å²) in [5.74, 6) is -0.755. The van der Waals surface area contributed by atoms with Gasteiger partial charge < -0.3 is 0 Å². The Bertz CT molecular complexity index is 791. The molecule has 2 aromatic rings. The molecular formula is C15H19FN2O2S2.